The number of carbonyl (C=O) groups excluding carboxylic acids is 1. The van der Waals surface area contributed by atoms with E-state index >= 15 is 0 Å². The van der Waals surface area contributed by atoms with Crippen molar-refractivity contribution >= 4 is 17.5 Å². The minimum Gasteiger partial charge on any atom is -0.493 e. The molecular weight excluding hydrogens is 434 g/mol. The first-order chi connectivity index (χ1) is 15.5. The summed E-state index contributed by atoms with van der Waals surface area (Å²) in [5.41, 5.74) is 2.96. The van der Waals surface area contributed by atoms with E-state index in [4.69, 9.17) is 30.5 Å². The Morgan fingerprint density at radius 3 is 2.38 bits per heavy atom. The smallest absolute Gasteiger partial charge is 0.220 e. The first-order valence-electron chi connectivity index (χ1n) is 10.4. The topological polar surface area (TPSA) is 83.1 Å². The van der Waals surface area contributed by atoms with Crippen LogP contribution in [0, 0.1) is 0 Å². The Morgan fingerprint density at radius 2 is 1.75 bits per heavy atom. The molecule has 1 aliphatic rings. The summed E-state index contributed by atoms with van der Waals surface area (Å²) in [6, 6.07) is 6.55. The molecule has 3 rings (SSSR count). The maximum absolute atomic E-state index is 12.8. The molecule has 0 heterocycles. The average molecular weight is 462 g/mol. The highest BCUT2D eigenvalue weighted by Gasteiger charge is 2.29. The third kappa shape index (κ3) is 4.63. The van der Waals surface area contributed by atoms with Crippen LogP contribution in [0.3, 0.4) is 0 Å². The van der Waals surface area contributed by atoms with Crippen molar-refractivity contribution in [1.82, 2.24) is 5.32 Å². The van der Waals surface area contributed by atoms with Gasteiger partial charge in [0.05, 0.1) is 34.5 Å². The lowest BCUT2D eigenvalue weighted by Gasteiger charge is -2.20. The van der Waals surface area contributed by atoms with Crippen molar-refractivity contribution in [3.8, 4) is 34.1 Å². The molecule has 1 aliphatic carbocycles. The molecule has 0 spiro atoms. The quantitative estimate of drug-likeness (QED) is 0.601. The van der Waals surface area contributed by atoms with Crippen molar-refractivity contribution in [1.29, 1.82) is 0 Å². The van der Waals surface area contributed by atoms with Crippen LogP contribution in [0.4, 0.5) is 0 Å². The number of nitrogens with one attached hydrogen (secondary N) is 1. The van der Waals surface area contributed by atoms with Crippen LogP contribution < -0.4 is 29.7 Å². The van der Waals surface area contributed by atoms with E-state index in [0.717, 1.165) is 16.7 Å². The van der Waals surface area contributed by atoms with Crippen molar-refractivity contribution in [3.63, 3.8) is 0 Å². The second-order valence-corrected chi connectivity index (χ2v) is 7.79. The van der Waals surface area contributed by atoms with Crippen molar-refractivity contribution in [3.05, 3.63) is 45.6 Å². The largest absolute Gasteiger partial charge is 0.493 e. The van der Waals surface area contributed by atoms with E-state index in [1.54, 1.807) is 27.4 Å². The maximum Gasteiger partial charge on any atom is 0.220 e. The van der Waals surface area contributed by atoms with Gasteiger partial charge in [0.1, 0.15) is 0 Å². The van der Waals surface area contributed by atoms with Gasteiger partial charge in [-0.25, -0.2) is 0 Å². The summed E-state index contributed by atoms with van der Waals surface area (Å²) in [6.45, 7) is 0. The Balaban J connectivity index is 2.28. The molecule has 0 saturated carbocycles. The van der Waals surface area contributed by atoms with Crippen molar-refractivity contribution in [2.75, 3.05) is 34.3 Å². The third-order valence-electron chi connectivity index (χ3n) is 5.59. The van der Waals surface area contributed by atoms with Crippen LogP contribution in [0.15, 0.2) is 29.1 Å². The Kier molecular flexibility index (Phi) is 7.85. The molecule has 0 fully saturated rings. The fourth-order valence-electron chi connectivity index (χ4n) is 4.11. The molecule has 0 aliphatic heterocycles. The van der Waals surface area contributed by atoms with Crippen molar-refractivity contribution in [2.45, 2.75) is 31.7 Å². The van der Waals surface area contributed by atoms with E-state index in [1.807, 2.05) is 12.1 Å². The lowest BCUT2D eigenvalue weighted by atomic mass is 9.95. The fourth-order valence-corrected chi connectivity index (χ4v) is 4.24. The number of aryl methyl sites for hydroxylation is 1. The number of hydrogen-bond acceptors (Lipinski definition) is 6. The second-order valence-electron chi connectivity index (χ2n) is 7.41. The predicted molar refractivity (Wildman–Crippen MR) is 124 cm³/mol. The molecule has 1 atom stereocenters. The summed E-state index contributed by atoms with van der Waals surface area (Å²) >= 11 is 5.75. The molecule has 8 heteroatoms. The van der Waals surface area contributed by atoms with E-state index in [2.05, 4.69) is 5.32 Å². The van der Waals surface area contributed by atoms with Gasteiger partial charge >= 0.3 is 0 Å². The Hall–Kier alpha value is -2.93. The lowest BCUT2D eigenvalue weighted by Crippen LogP contribution is -2.29. The number of methoxy groups -OCH3 is 4. The SMILES string of the molecule is COc1cc2c(c(OC)c1OC)-c1ccc(OC)c(=O)cc1[C@@H](NC(=O)CCCCl)CC2. The highest BCUT2D eigenvalue weighted by Crippen LogP contribution is 2.50. The van der Waals surface area contributed by atoms with Gasteiger partial charge in [0.2, 0.25) is 17.1 Å². The van der Waals surface area contributed by atoms with Crippen LogP contribution in [0.5, 0.6) is 23.0 Å². The summed E-state index contributed by atoms with van der Waals surface area (Å²) in [5, 5.41) is 3.08. The Morgan fingerprint density at radius 1 is 1.03 bits per heavy atom. The number of halogens is 1. The van der Waals surface area contributed by atoms with Crippen LogP contribution in [0.2, 0.25) is 0 Å². The maximum atomic E-state index is 12.8. The molecule has 1 amide bonds. The third-order valence-corrected chi connectivity index (χ3v) is 5.86. The molecule has 172 valence electrons. The van der Waals surface area contributed by atoms with Gasteiger partial charge in [-0.05, 0) is 54.2 Å². The van der Waals surface area contributed by atoms with E-state index < -0.39 is 0 Å². The molecule has 0 aromatic heterocycles. The summed E-state index contributed by atoms with van der Waals surface area (Å²) in [7, 11) is 6.14. The average Bonchev–Trinajstić information content (AvgIpc) is 3.04. The molecule has 32 heavy (non-hydrogen) atoms. The highest BCUT2D eigenvalue weighted by atomic mass is 35.5. The van der Waals surface area contributed by atoms with Crippen LogP contribution in [0.25, 0.3) is 11.1 Å². The number of hydrogen-bond donors (Lipinski definition) is 1. The van der Waals surface area contributed by atoms with E-state index in [9.17, 15) is 9.59 Å². The minimum atomic E-state index is -0.369. The zero-order valence-electron chi connectivity index (χ0n) is 18.7. The Bertz CT molecular complexity index is 1060. The normalized spacial score (nSPS) is 14.5. The standard InChI is InChI=1S/C24H28ClNO6/c1-29-19-10-8-15-16(13-18(19)27)17(26-21(28)6-5-11-25)9-7-14-12-20(30-2)23(31-3)24(32-4)22(14)15/h8,10,12-13,17H,5-7,9,11H2,1-4H3,(H,26,28)/t17-/m0/s1. The molecule has 1 N–H and O–H groups in total. The number of benzene rings is 1. The predicted octanol–water partition coefficient (Wildman–Crippen LogP) is 3.87. The zero-order chi connectivity index (χ0) is 23.3. The molecule has 0 bridgehead atoms. The van der Waals surface area contributed by atoms with Gasteiger partial charge in [0.25, 0.3) is 0 Å². The van der Waals surface area contributed by atoms with Gasteiger partial charge in [-0.1, -0.05) is 6.07 Å². The van der Waals surface area contributed by atoms with Crippen LogP contribution in [-0.2, 0) is 11.2 Å². The monoisotopic (exact) mass is 461 g/mol. The molecule has 0 saturated heterocycles. The van der Waals surface area contributed by atoms with E-state index in [-0.39, 0.29) is 23.1 Å². The van der Waals surface area contributed by atoms with Gasteiger partial charge in [-0.3, -0.25) is 9.59 Å². The van der Waals surface area contributed by atoms with E-state index in [0.29, 0.717) is 54.4 Å². The first kappa shape index (κ1) is 23.7. The van der Waals surface area contributed by atoms with Gasteiger partial charge in [0.15, 0.2) is 17.2 Å². The van der Waals surface area contributed by atoms with Gasteiger partial charge < -0.3 is 24.3 Å². The number of carbonyl (C=O) groups is 1. The molecule has 7 nitrogen and oxygen atoms in total. The molecule has 0 radical (unpaired) electrons. The summed E-state index contributed by atoms with van der Waals surface area (Å²) < 4.78 is 22.1. The molecular formula is C24H28ClNO6. The minimum absolute atomic E-state index is 0.111. The fraction of sp³-hybridized carbons (Fsp3) is 0.417. The zero-order valence-corrected chi connectivity index (χ0v) is 19.5. The highest BCUT2D eigenvalue weighted by molar-refractivity contribution is 6.17. The lowest BCUT2D eigenvalue weighted by molar-refractivity contribution is -0.121. The van der Waals surface area contributed by atoms with Crippen LogP contribution in [0.1, 0.15) is 36.4 Å². The van der Waals surface area contributed by atoms with Crippen molar-refractivity contribution < 1.29 is 23.7 Å². The number of ether oxygens (including phenoxy) is 4. The van der Waals surface area contributed by atoms with E-state index in [1.165, 1.54) is 13.2 Å². The number of amides is 1. The Labute approximate surface area is 192 Å². The summed E-state index contributed by atoms with van der Waals surface area (Å²) in [4.78, 5) is 25.3. The van der Waals surface area contributed by atoms with Gasteiger partial charge in [-0.15, -0.1) is 11.6 Å². The second kappa shape index (κ2) is 10.6. The van der Waals surface area contributed by atoms with Crippen molar-refractivity contribution in [2.24, 2.45) is 0 Å². The number of alkyl halides is 1. The summed E-state index contributed by atoms with van der Waals surface area (Å²) in [5.74, 6) is 2.04. The van der Waals surface area contributed by atoms with Gasteiger partial charge in [-0.2, -0.15) is 0 Å². The van der Waals surface area contributed by atoms with Crippen LogP contribution >= 0.6 is 11.6 Å². The molecule has 2 aromatic rings. The first-order valence-corrected chi connectivity index (χ1v) is 10.9. The number of rotatable bonds is 8. The summed E-state index contributed by atoms with van der Waals surface area (Å²) in [6.07, 6.45) is 2.13. The van der Waals surface area contributed by atoms with Crippen LogP contribution in [-0.4, -0.2) is 40.2 Å². The molecule has 2 aromatic carbocycles. The number of fused-ring (bicyclic) bond motifs is 3. The molecule has 0 unspecified atom stereocenters. The van der Waals surface area contributed by atoms with Gasteiger partial charge in [0, 0.05) is 17.9 Å².